The Morgan fingerprint density at radius 2 is 2.32 bits per heavy atom. The van der Waals surface area contributed by atoms with Gasteiger partial charge in [0.25, 0.3) is 0 Å². The zero-order chi connectivity index (χ0) is 13.2. The highest BCUT2D eigenvalue weighted by atomic mass is 16.6. The van der Waals surface area contributed by atoms with E-state index < -0.39 is 0 Å². The molecule has 1 unspecified atom stereocenters. The first-order valence-corrected chi connectivity index (χ1v) is 6.57. The molecule has 102 valence electrons. The zero-order valence-electron chi connectivity index (χ0n) is 11.2. The maximum atomic E-state index is 5.67. The molecule has 0 spiro atoms. The van der Waals surface area contributed by atoms with Crippen LogP contribution in [0.5, 0.6) is 5.75 Å². The number of aromatic nitrogens is 2. The molecule has 3 heterocycles. The third-order valence-corrected chi connectivity index (χ3v) is 2.97. The van der Waals surface area contributed by atoms with E-state index in [0.717, 1.165) is 17.1 Å². The Bertz CT molecular complexity index is 559. The van der Waals surface area contributed by atoms with Gasteiger partial charge in [-0.25, -0.2) is 4.98 Å². The minimum absolute atomic E-state index is 0.0666. The largest absolute Gasteiger partial charge is 0.491 e. The van der Waals surface area contributed by atoms with Crippen molar-refractivity contribution in [2.45, 2.75) is 26.1 Å². The highest BCUT2D eigenvalue weighted by Gasteiger charge is 2.19. The van der Waals surface area contributed by atoms with Crippen LogP contribution in [0.2, 0.25) is 0 Å². The number of hydrogen-bond donors (Lipinski definition) is 0. The van der Waals surface area contributed by atoms with E-state index in [1.165, 1.54) is 0 Å². The molecule has 0 saturated carbocycles. The van der Waals surface area contributed by atoms with Crippen LogP contribution in [0, 0.1) is 0 Å². The molecule has 0 bridgehead atoms. The third kappa shape index (κ3) is 2.72. The van der Waals surface area contributed by atoms with Crippen LogP contribution in [0.25, 0.3) is 5.65 Å². The predicted octanol–water partition coefficient (Wildman–Crippen LogP) is 2.21. The number of imidazole rings is 1. The quantitative estimate of drug-likeness (QED) is 0.850. The van der Waals surface area contributed by atoms with Gasteiger partial charge < -0.3 is 18.6 Å². The van der Waals surface area contributed by atoms with Crippen LogP contribution < -0.4 is 4.74 Å². The molecular formula is C14H18N2O3. The molecule has 1 atom stereocenters. The van der Waals surface area contributed by atoms with Crippen molar-refractivity contribution < 1.29 is 14.2 Å². The van der Waals surface area contributed by atoms with Crippen LogP contribution in [-0.2, 0) is 9.47 Å². The molecule has 0 N–H and O–H groups in total. The summed E-state index contributed by atoms with van der Waals surface area (Å²) in [6.07, 6.45) is 4.02. The number of ether oxygens (including phenoxy) is 3. The summed E-state index contributed by atoms with van der Waals surface area (Å²) < 4.78 is 18.7. The second kappa shape index (κ2) is 5.19. The van der Waals surface area contributed by atoms with Crippen molar-refractivity contribution in [1.29, 1.82) is 0 Å². The Hall–Kier alpha value is -1.59. The lowest BCUT2D eigenvalue weighted by molar-refractivity contribution is -0.0916. The molecule has 2 aromatic heterocycles. The molecule has 1 saturated heterocycles. The molecule has 1 fully saturated rings. The maximum absolute atomic E-state index is 5.67. The predicted molar refractivity (Wildman–Crippen MR) is 70.5 cm³/mol. The average Bonchev–Trinajstić information content (AvgIpc) is 2.82. The first kappa shape index (κ1) is 12.4. The number of pyridine rings is 1. The summed E-state index contributed by atoms with van der Waals surface area (Å²) in [4.78, 5) is 4.58. The van der Waals surface area contributed by atoms with Crippen molar-refractivity contribution in [3.8, 4) is 5.75 Å². The Morgan fingerprint density at radius 1 is 1.42 bits per heavy atom. The lowest BCUT2D eigenvalue weighted by Gasteiger charge is -2.20. The molecule has 0 radical (unpaired) electrons. The summed E-state index contributed by atoms with van der Waals surface area (Å²) in [5, 5.41) is 0. The highest BCUT2D eigenvalue weighted by Crippen LogP contribution is 2.22. The molecule has 0 amide bonds. The molecule has 1 aliphatic rings. The molecule has 5 heteroatoms. The van der Waals surface area contributed by atoms with Gasteiger partial charge in [0.1, 0.15) is 17.5 Å². The lowest BCUT2D eigenvalue weighted by atomic mass is 10.3. The molecular weight excluding hydrogens is 244 g/mol. The van der Waals surface area contributed by atoms with Gasteiger partial charge in [-0.15, -0.1) is 0 Å². The van der Waals surface area contributed by atoms with Gasteiger partial charge in [0.2, 0.25) is 0 Å². The third-order valence-electron chi connectivity index (χ3n) is 2.97. The smallest absolute Gasteiger partial charge is 0.140 e. The Labute approximate surface area is 112 Å². The van der Waals surface area contributed by atoms with Crippen LogP contribution in [0.15, 0.2) is 24.5 Å². The number of rotatable bonds is 3. The normalized spacial score (nSPS) is 20.1. The summed E-state index contributed by atoms with van der Waals surface area (Å²) in [6, 6.07) is 3.88. The number of fused-ring (bicyclic) bond motifs is 1. The van der Waals surface area contributed by atoms with Gasteiger partial charge in [-0.1, -0.05) is 0 Å². The summed E-state index contributed by atoms with van der Waals surface area (Å²) in [7, 11) is 0. The molecule has 19 heavy (non-hydrogen) atoms. The molecule has 1 aliphatic heterocycles. The molecule has 2 aromatic rings. The van der Waals surface area contributed by atoms with Crippen molar-refractivity contribution in [3.05, 3.63) is 30.2 Å². The van der Waals surface area contributed by atoms with Crippen LogP contribution in [-0.4, -0.2) is 35.3 Å². The lowest BCUT2D eigenvalue weighted by Crippen LogP contribution is -2.22. The van der Waals surface area contributed by atoms with E-state index in [9.17, 15) is 0 Å². The fourth-order valence-corrected chi connectivity index (χ4v) is 2.14. The van der Waals surface area contributed by atoms with E-state index in [2.05, 4.69) is 4.98 Å². The minimum atomic E-state index is -0.0666. The van der Waals surface area contributed by atoms with E-state index in [1.807, 2.05) is 42.8 Å². The summed E-state index contributed by atoms with van der Waals surface area (Å²) in [5.41, 5.74) is 1.77. The van der Waals surface area contributed by atoms with E-state index in [0.29, 0.717) is 19.8 Å². The number of hydrogen-bond acceptors (Lipinski definition) is 4. The van der Waals surface area contributed by atoms with E-state index in [4.69, 9.17) is 14.2 Å². The van der Waals surface area contributed by atoms with Crippen LogP contribution in [0.1, 0.15) is 25.6 Å². The SMILES string of the molecule is CC(C)Oc1ccn2cc(C3COCCO3)nc2c1. The first-order valence-electron chi connectivity index (χ1n) is 6.57. The zero-order valence-corrected chi connectivity index (χ0v) is 11.2. The average molecular weight is 262 g/mol. The highest BCUT2D eigenvalue weighted by molar-refractivity contribution is 5.46. The van der Waals surface area contributed by atoms with E-state index in [-0.39, 0.29) is 12.2 Å². The second-order valence-electron chi connectivity index (χ2n) is 4.89. The van der Waals surface area contributed by atoms with Crippen molar-refractivity contribution >= 4 is 5.65 Å². The Kier molecular flexibility index (Phi) is 3.40. The van der Waals surface area contributed by atoms with Gasteiger partial charge >= 0.3 is 0 Å². The topological polar surface area (TPSA) is 45.0 Å². The number of nitrogens with zero attached hydrogens (tertiary/aromatic N) is 2. The fourth-order valence-electron chi connectivity index (χ4n) is 2.14. The summed E-state index contributed by atoms with van der Waals surface area (Å²) >= 11 is 0. The van der Waals surface area contributed by atoms with Gasteiger partial charge in [0.05, 0.1) is 31.6 Å². The summed E-state index contributed by atoms with van der Waals surface area (Å²) in [6.45, 7) is 5.87. The van der Waals surface area contributed by atoms with Gasteiger partial charge in [-0.05, 0) is 19.9 Å². The van der Waals surface area contributed by atoms with Crippen LogP contribution >= 0.6 is 0 Å². The van der Waals surface area contributed by atoms with Crippen molar-refractivity contribution in [2.75, 3.05) is 19.8 Å². The minimum Gasteiger partial charge on any atom is -0.491 e. The summed E-state index contributed by atoms with van der Waals surface area (Å²) in [5.74, 6) is 0.834. The van der Waals surface area contributed by atoms with Gasteiger partial charge in [-0.2, -0.15) is 0 Å². The van der Waals surface area contributed by atoms with Crippen molar-refractivity contribution in [1.82, 2.24) is 9.38 Å². The second-order valence-corrected chi connectivity index (χ2v) is 4.89. The molecule has 0 aromatic carbocycles. The monoisotopic (exact) mass is 262 g/mol. The molecule has 3 rings (SSSR count). The van der Waals surface area contributed by atoms with Crippen molar-refractivity contribution in [2.24, 2.45) is 0 Å². The Morgan fingerprint density at radius 3 is 3.05 bits per heavy atom. The standard InChI is InChI=1S/C14H18N2O3/c1-10(2)19-11-3-4-16-8-12(15-14(16)7-11)13-9-17-5-6-18-13/h3-4,7-8,10,13H,5-6,9H2,1-2H3. The molecule has 0 aliphatic carbocycles. The molecule has 5 nitrogen and oxygen atoms in total. The van der Waals surface area contributed by atoms with Crippen molar-refractivity contribution in [3.63, 3.8) is 0 Å². The Balaban J connectivity index is 1.87. The van der Waals surface area contributed by atoms with Gasteiger partial charge in [0.15, 0.2) is 0 Å². The van der Waals surface area contributed by atoms with Gasteiger partial charge in [0, 0.05) is 18.5 Å². The van der Waals surface area contributed by atoms with E-state index >= 15 is 0 Å². The maximum Gasteiger partial charge on any atom is 0.140 e. The first-order chi connectivity index (χ1) is 9.22. The van der Waals surface area contributed by atoms with Crippen LogP contribution in [0.3, 0.4) is 0 Å². The van der Waals surface area contributed by atoms with Crippen LogP contribution in [0.4, 0.5) is 0 Å². The fraction of sp³-hybridized carbons (Fsp3) is 0.500. The van der Waals surface area contributed by atoms with E-state index in [1.54, 1.807) is 0 Å². The van der Waals surface area contributed by atoms with Gasteiger partial charge in [-0.3, -0.25) is 0 Å².